The first-order valence-electron chi connectivity index (χ1n) is 5.05. The first kappa shape index (κ1) is 13.4. The number of unbranched alkanes of at least 4 members (excludes halogenated alkanes) is 1. The molecule has 0 aliphatic rings. The molecule has 3 N–H and O–H groups in total. The largest absolute Gasteiger partial charge is 0.448 e. The van der Waals surface area contributed by atoms with Crippen LogP contribution in [0.1, 0.15) is 33.6 Å². The van der Waals surface area contributed by atoms with Gasteiger partial charge in [0, 0.05) is 5.41 Å². The van der Waals surface area contributed by atoms with Gasteiger partial charge in [0.15, 0.2) is 6.23 Å². The number of nitrogens with two attached hydrogens (primary N) is 1. The zero-order valence-electron chi connectivity index (χ0n) is 9.38. The molecule has 0 aromatic heterocycles. The Morgan fingerprint density at radius 2 is 2.07 bits per heavy atom. The summed E-state index contributed by atoms with van der Waals surface area (Å²) in [4.78, 5) is 10.3. The van der Waals surface area contributed by atoms with Crippen LogP contribution in [0.2, 0.25) is 0 Å². The highest BCUT2D eigenvalue weighted by Gasteiger charge is 2.24. The van der Waals surface area contributed by atoms with E-state index < -0.39 is 0 Å². The molecule has 0 amide bonds. The number of hydrogen-bond acceptors (Lipinski definition) is 4. The Bertz CT molecular complexity index is 155. The summed E-state index contributed by atoms with van der Waals surface area (Å²) in [6.45, 7) is 8.10. The van der Waals surface area contributed by atoms with Gasteiger partial charge in [-0.1, -0.05) is 20.8 Å². The van der Waals surface area contributed by atoms with Crippen LogP contribution in [0.3, 0.4) is 0 Å². The molecule has 0 aromatic carbocycles. The summed E-state index contributed by atoms with van der Waals surface area (Å²) in [6, 6.07) is 0. The molecular formula is C10H22N2O2. The molecule has 0 fully saturated rings. The summed E-state index contributed by atoms with van der Waals surface area (Å²) in [6.07, 6.45) is 1.77. The van der Waals surface area contributed by atoms with E-state index in [1.165, 1.54) is 0 Å². The maximum absolute atomic E-state index is 10.3. The highest BCUT2D eigenvalue weighted by molar-refractivity contribution is 5.37. The fourth-order valence-corrected chi connectivity index (χ4v) is 1.12. The van der Waals surface area contributed by atoms with Crippen molar-refractivity contribution in [2.45, 2.75) is 39.8 Å². The molecule has 0 rings (SSSR count). The standard InChI is InChI=1S/C10H22N2O2/c1-10(2,3)9(14-8-13)12-7-5-4-6-11/h8-9,12H,4-7,11H2,1-3H3. The highest BCUT2D eigenvalue weighted by Crippen LogP contribution is 2.19. The van der Waals surface area contributed by atoms with E-state index >= 15 is 0 Å². The van der Waals surface area contributed by atoms with Gasteiger partial charge in [-0.05, 0) is 25.9 Å². The van der Waals surface area contributed by atoms with Gasteiger partial charge in [0.05, 0.1) is 0 Å². The third kappa shape index (κ3) is 5.94. The molecule has 0 aliphatic heterocycles. The van der Waals surface area contributed by atoms with Gasteiger partial charge in [-0.15, -0.1) is 0 Å². The van der Waals surface area contributed by atoms with Crippen molar-refractivity contribution < 1.29 is 9.53 Å². The van der Waals surface area contributed by atoms with Gasteiger partial charge in [-0.25, -0.2) is 0 Å². The van der Waals surface area contributed by atoms with Crippen LogP contribution in [0.15, 0.2) is 0 Å². The summed E-state index contributed by atoms with van der Waals surface area (Å²) in [7, 11) is 0. The second-order valence-corrected chi connectivity index (χ2v) is 4.43. The van der Waals surface area contributed by atoms with E-state index in [2.05, 4.69) is 5.32 Å². The zero-order chi connectivity index (χ0) is 11.0. The lowest BCUT2D eigenvalue weighted by Crippen LogP contribution is -2.42. The minimum absolute atomic E-state index is 0.0797. The van der Waals surface area contributed by atoms with Crippen LogP contribution >= 0.6 is 0 Å². The molecule has 0 aromatic rings. The van der Waals surface area contributed by atoms with Crippen LogP contribution < -0.4 is 11.1 Å². The average Bonchev–Trinajstić information content (AvgIpc) is 2.08. The van der Waals surface area contributed by atoms with E-state index in [-0.39, 0.29) is 11.6 Å². The SMILES string of the molecule is CC(C)(C)C(NCCCCN)OC=O. The van der Waals surface area contributed by atoms with Crippen LogP contribution in [-0.2, 0) is 9.53 Å². The summed E-state index contributed by atoms with van der Waals surface area (Å²) in [5, 5.41) is 3.19. The predicted molar refractivity (Wildman–Crippen MR) is 56.7 cm³/mol. The summed E-state index contributed by atoms with van der Waals surface area (Å²) in [5.74, 6) is 0. The number of carbonyl (C=O) groups is 1. The molecule has 1 atom stereocenters. The van der Waals surface area contributed by atoms with Crippen molar-refractivity contribution in [3.8, 4) is 0 Å². The van der Waals surface area contributed by atoms with Crippen molar-refractivity contribution in [1.82, 2.24) is 5.32 Å². The molecular weight excluding hydrogens is 180 g/mol. The van der Waals surface area contributed by atoms with Crippen molar-refractivity contribution in [1.29, 1.82) is 0 Å². The van der Waals surface area contributed by atoms with E-state index in [1.54, 1.807) is 0 Å². The summed E-state index contributed by atoms with van der Waals surface area (Å²) >= 11 is 0. The Hall–Kier alpha value is -0.610. The maximum Gasteiger partial charge on any atom is 0.294 e. The molecule has 0 bridgehead atoms. The highest BCUT2D eigenvalue weighted by atomic mass is 16.5. The molecule has 4 nitrogen and oxygen atoms in total. The van der Waals surface area contributed by atoms with Crippen LogP contribution in [0.4, 0.5) is 0 Å². The second kappa shape index (κ2) is 6.79. The van der Waals surface area contributed by atoms with Crippen molar-refractivity contribution in [3.63, 3.8) is 0 Å². The molecule has 4 heteroatoms. The quantitative estimate of drug-likeness (QED) is 0.365. The number of ether oxygens (including phenoxy) is 1. The fourth-order valence-electron chi connectivity index (χ4n) is 1.12. The van der Waals surface area contributed by atoms with Gasteiger partial charge in [0.2, 0.25) is 0 Å². The van der Waals surface area contributed by atoms with Gasteiger partial charge in [0.1, 0.15) is 0 Å². The lowest BCUT2D eigenvalue weighted by Gasteiger charge is -2.29. The van der Waals surface area contributed by atoms with E-state index in [9.17, 15) is 4.79 Å². The van der Waals surface area contributed by atoms with Crippen LogP contribution in [0, 0.1) is 5.41 Å². The van der Waals surface area contributed by atoms with Gasteiger partial charge in [0.25, 0.3) is 6.47 Å². The predicted octanol–water partition coefficient (Wildman–Crippen LogP) is 0.860. The molecule has 0 heterocycles. The Morgan fingerprint density at radius 1 is 1.43 bits per heavy atom. The minimum atomic E-state index is -0.224. The molecule has 14 heavy (non-hydrogen) atoms. The summed E-state index contributed by atoms with van der Waals surface area (Å²) in [5.41, 5.74) is 5.29. The number of rotatable bonds is 7. The zero-order valence-corrected chi connectivity index (χ0v) is 9.38. The lowest BCUT2D eigenvalue weighted by atomic mass is 9.94. The molecule has 0 radical (unpaired) electrons. The maximum atomic E-state index is 10.3. The number of hydrogen-bond donors (Lipinski definition) is 2. The van der Waals surface area contributed by atoms with Gasteiger partial charge >= 0.3 is 0 Å². The fraction of sp³-hybridized carbons (Fsp3) is 0.900. The van der Waals surface area contributed by atoms with Crippen molar-refractivity contribution in [2.24, 2.45) is 11.1 Å². The topological polar surface area (TPSA) is 64.3 Å². The van der Waals surface area contributed by atoms with Gasteiger partial charge in [-0.2, -0.15) is 0 Å². The van der Waals surface area contributed by atoms with Crippen molar-refractivity contribution in [2.75, 3.05) is 13.1 Å². The first-order chi connectivity index (χ1) is 6.52. The van der Waals surface area contributed by atoms with Crippen LogP contribution in [0.5, 0.6) is 0 Å². The smallest absolute Gasteiger partial charge is 0.294 e. The van der Waals surface area contributed by atoms with Gasteiger partial charge < -0.3 is 10.5 Å². The third-order valence-corrected chi connectivity index (χ3v) is 1.94. The second-order valence-electron chi connectivity index (χ2n) is 4.43. The Morgan fingerprint density at radius 3 is 2.50 bits per heavy atom. The molecule has 0 spiro atoms. The number of nitrogens with one attached hydrogen (secondary N) is 1. The molecule has 1 unspecified atom stereocenters. The minimum Gasteiger partial charge on any atom is -0.448 e. The number of carbonyl (C=O) groups excluding carboxylic acids is 1. The average molecular weight is 202 g/mol. The normalized spacial score (nSPS) is 13.7. The molecule has 0 saturated carbocycles. The Balaban J connectivity index is 3.80. The van der Waals surface area contributed by atoms with Crippen molar-refractivity contribution >= 4 is 6.47 Å². The van der Waals surface area contributed by atoms with Crippen LogP contribution in [-0.4, -0.2) is 25.8 Å². The van der Waals surface area contributed by atoms with Crippen LogP contribution in [0.25, 0.3) is 0 Å². The third-order valence-electron chi connectivity index (χ3n) is 1.94. The van der Waals surface area contributed by atoms with E-state index in [0.717, 1.165) is 19.4 Å². The molecule has 0 saturated heterocycles. The van der Waals surface area contributed by atoms with Crippen molar-refractivity contribution in [3.05, 3.63) is 0 Å². The summed E-state index contributed by atoms with van der Waals surface area (Å²) < 4.78 is 4.96. The molecule has 0 aliphatic carbocycles. The van der Waals surface area contributed by atoms with Gasteiger partial charge in [-0.3, -0.25) is 10.1 Å². The monoisotopic (exact) mass is 202 g/mol. The lowest BCUT2D eigenvalue weighted by molar-refractivity contribution is -0.141. The van der Waals surface area contributed by atoms with E-state index in [4.69, 9.17) is 10.5 Å². The molecule has 84 valence electrons. The first-order valence-corrected chi connectivity index (χ1v) is 5.05. The Kier molecular flexibility index (Phi) is 6.49. The van der Waals surface area contributed by atoms with E-state index in [1.807, 2.05) is 20.8 Å². The Labute approximate surface area is 86.2 Å². The van der Waals surface area contributed by atoms with E-state index in [0.29, 0.717) is 13.0 Å².